The van der Waals surface area contributed by atoms with Gasteiger partial charge in [0.05, 0.1) is 24.0 Å². The normalized spacial score (nSPS) is 20.3. The van der Waals surface area contributed by atoms with E-state index in [2.05, 4.69) is 46.1 Å². The second kappa shape index (κ2) is 15.3. The number of carbonyl (C=O) groups excluding carboxylic acids is 6. The van der Waals surface area contributed by atoms with E-state index in [1.54, 1.807) is 29.4 Å². The summed E-state index contributed by atoms with van der Waals surface area (Å²) in [6, 6.07) is 17.2. The SMILES string of the molecule is Cc1cccc(C(=O)NC2CC(n3cnc4c(Nc5ccc(N6CCN(C(=O)CNc7cccc8c7C(=O)N([C@H]7CCC(=O)NC7=O)C8=O)CC6)cc5)ncnc43)C2)n1. The van der Waals surface area contributed by atoms with E-state index in [0.29, 0.717) is 54.5 Å². The average molecular weight is 797 g/mol. The molecule has 4 N–H and O–H groups in total. The molecule has 0 unspecified atom stereocenters. The Morgan fingerprint density at radius 2 is 1.66 bits per heavy atom. The van der Waals surface area contributed by atoms with Crippen molar-refractivity contribution >= 4 is 69.5 Å². The maximum atomic E-state index is 13.4. The minimum Gasteiger partial charge on any atom is -0.375 e. The molecule has 2 aromatic carbocycles. The molecule has 0 radical (unpaired) electrons. The fraction of sp³-hybridized carbons (Fsp3) is 0.317. The van der Waals surface area contributed by atoms with Gasteiger partial charge in [-0.15, -0.1) is 0 Å². The predicted octanol–water partition coefficient (Wildman–Crippen LogP) is 2.57. The van der Waals surface area contributed by atoms with Crippen LogP contribution in [-0.4, -0.2) is 115 Å². The summed E-state index contributed by atoms with van der Waals surface area (Å²) < 4.78 is 2.04. The lowest BCUT2D eigenvalue weighted by Gasteiger charge is -2.36. The quantitative estimate of drug-likeness (QED) is 0.150. The zero-order valence-corrected chi connectivity index (χ0v) is 32.1. The highest BCUT2D eigenvalue weighted by atomic mass is 16.2. The maximum Gasteiger partial charge on any atom is 0.270 e. The molecule has 4 aliphatic rings. The van der Waals surface area contributed by atoms with Crippen molar-refractivity contribution in [2.75, 3.05) is 48.3 Å². The van der Waals surface area contributed by atoms with Gasteiger partial charge in [-0.05, 0) is 74.7 Å². The Labute approximate surface area is 337 Å². The molecule has 6 amide bonds. The molecule has 0 bridgehead atoms. The van der Waals surface area contributed by atoms with E-state index in [1.165, 1.54) is 12.4 Å². The standard InChI is InChI=1S/C41H40N12O6/c1-23-4-2-7-30(46-23)38(56)48-25-18-27(19-25)52-22-45-35-36(43-21-44-37(35)52)47-24-8-10-26(11-9-24)50-14-16-51(17-15-50)33(55)20-42-29-6-3-5-28-34(29)41(59)53(40(28)58)31-12-13-32(54)49-39(31)57/h2-11,21-22,25,27,31,42H,12-20H2,1H3,(H,48,56)(H,43,44,47)(H,49,54,57)/t25?,27?,31-/m0/s1. The monoisotopic (exact) mass is 796 g/mol. The first-order valence-electron chi connectivity index (χ1n) is 19.5. The van der Waals surface area contributed by atoms with Crippen LogP contribution in [0.2, 0.25) is 0 Å². The molecular weight excluding hydrogens is 757 g/mol. The van der Waals surface area contributed by atoms with Gasteiger partial charge in [-0.2, -0.15) is 0 Å². The van der Waals surface area contributed by atoms with E-state index in [1.807, 2.05) is 47.9 Å². The number of imidazole rings is 1. The molecule has 18 heteroatoms. The number of aryl methyl sites for hydroxylation is 1. The Morgan fingerprint density at radius 3 is 2.42 bits per heavy atom. The van der Waals surface area contributed by atoms with Crippen molar-refractivity contribution in [3.63, 3.8) is 0 Å². The van der Waals surface area contributed by atoms with Crippen LogP contribution in [0.1, 0.15) is 68.6 Å². The highest BCUT2D eigenvalue weighted by Crippen LogP contribution is 2.36. The molecule has 2 saturated heterocycles. The van der Waals surface area contributed by atoms with Gasteiger partial charge in [0.2, 0.25) is 17.7 Å². The summed E-state index contributed by atoms with van der Waals surface area (Å²) in [5.74, 6) is -2.10. The molecule has 3 fully saturated rings. The smallest absolute Gasteiger partial charge is 0.270 e. The molecule has 5 aromatic rings. The van der Waals surface area contributed by atoms with Crippen LogP contribution in [0.4, 0.5) is 22.9 Å². The molecule has 6 heterocycles. The molecule has 0 spiro atoms. The number of anilines is 4. The number of pyridine rings is 1. The molecule has 300 valence electrons. The summed E-state index contributed by atoms with van der Waals surface area (Å²) in [5, 5.41) is 11.7. The third kappa shape index (κ3) is 7.17. The van der Waals surface area contributed by atoms with Gasteiger partial charge in [-0.1, -0.05) is 12.1 Å². The van der Waals surface area contributed by atoms with Crippen LogP contribution in [0.15, 0.2) is 73.3 Å². The van der Waals surface area contributed by atoms with Gasteiger partial charge < -0.3 is 30.3 Å². The van der Waals surface area contributed by atoms with Gasteiger partial charge in [0, 0.05) is 67.4 Å². The molecule has 59 heavy (non-hydrogen) atoms. The summed E-state index contributed by atoms with van der Waals surface area (Å²) in [7, 11) is 0. The molecule has 9 rings (SSSR count). The number of amides is 6. The number of hydrogen-bond donors (Lipinski definition) is 4. The minimum atomic E-state index is -1.07. The lowest BCUT2D eigenvalue weighted by molar-refractivity contribution is -0.136. The van der Waals surface area contributed by atoms with Crippen LogP contribution in [0, 0.1) is 6.92 Å². The van der Waals surface area contributed by atoms with E-state index in [9.17, 15) is 28.8 Å². The van der Waals surface area contributed by atoms with Crippen molar-refractivity contribution in [1.29, 1.82) is 0 Å². The van der Waals surface area contributed by atoms with Gasteiger partial charge in [-0.25, -0.2) is 19.9 Å². The second-order valence-electron chi connectivity index (χ2n) is 15.1. The highest BCUT2D eigenvalue weighted by molar-refractivity contribution is 6.25. The van der Waals surface area contributed by atoms with E-state index in [4.69, 9.17) is 0 Å². The van der Waals surface area contributed by atoms with Crippen LogP contribution in [-0.2, 0) is 14.4 Å². The summed E-state index contributed by atoms with van der Waals surface area (Å²) in [6.45, 7) is 3.99. The van der Waals surface area contributed by atoms with Crippen molar-refractivity contribution in [2.24, 2.45) is 0 Å². The Kier molecular flexibility index (Phi) is 9.66. The molecule has 1 atom stereocenters. The number of imide groups is 2. The first-order valence-corrected chi connectivity index (χ1v) is 19.5. The summed E-state index contributed by atoms with van der Waals surface area (Å²) >= 11 is 0. The van der Waals surface area contributed by atoms with Gasteiger partial charge >= 0.3 is 0 Å². The summed E-state index contributed by atoms with van der Waals surface area (Å²) in [5.41, 5.74) is 4.99. The zero-order valence-electron chi connectivity index (χ0n) is 32.1. The molecular formula is C41H40N12O6. The number of nitrogens with zero attached hydrogens (tertiary/aromatic N) is 8. The number of piperidine rings is 1. The number of benzene rings is 2. The number of nitrogens with one attached hydrogen (secondary N) is 4. The molecule has 1 aliphatic carbocycles. The van der Waals surface area contributed by atoms with Crippen LogP contribution >= 0.6 is 0 Å². The minimum absolute atomic E-state index is 0.0297. The van der Waals surface area contributed by atoms with Crippen molar-refractivity contribution < 1.29 is 28.8 Å². The van der Waals surface area contributed by atoms with Crippen LogP contribution in [0.5, 0.6) is 0 Å². The maximum absolute atomic E-state index is 13.4. The molecule has 1 saturated carbocycles. The third-order valence-electron chi connectivity index (χ3n) is 11.3. The van der Waals surface area contributed by atoms with Crippen molar-refractivity contribution in [1.82, 2.24) is 44.9 Å². The molecule has 18 nitrogen and oxygen atoms in total. The van der Waals surface area contributed by atoms with Crippen LogP contribution in [0.25, 0.3) is 11.2 Å². The van der Waals surface area contributed by atoms with Crippen molar-refractivity contribution in [3.8, 4) is 0 Å². The predicted molar refractivity (Wildman–Crippen MR) is 214 cm³/mol. The van der Waals surface area contributed by atoms with Gasteiger partial charge in [0.1, 0.15) is 18.1 Å². The number of carbonyl (C=O) groups is 6. The first kappa shape index (κ1) is 37.3. The largest absolute Gasteiger partial charge is 0.375 e. The van der Waals surface area contributed by atoms with Crippen LogP contribution < -0.4 is 26.2 Å². The van der Waals surface area contributed by atoms with Crippen molar-refractivity contribution in [3.05, 3.63) is 95.8 Å². The Hall–Kier alpha value is -7.24. The number of hydrogen-bond acceptors (Lipinski definition) is 13. The van der Waals surface area contributed by atoms with Gasteiger partial charge in [0.25, 0.3) is 17.7 Å². The summed E-state index contributed by atoms with van der Waals surface area (Å²) in [6.07, 6.45) is 4.89. The number of piperazine rings is 1. The Balaban J connectivity index is 0.764. The Bertz CT molecular complexity index is 2530. The lowest BCUT2D eigenvalue weighted by atomic mass is 9.86. The zero-order chi connectivity index (χ0) is 40.8. The third-order valence-corrected chi connectivity index (χ3v) is 11.3. The van der Waals surface area contributed by atoms with Gasteiger partial charge in [0.15, 0.2) is 17.0 Å². The highest BCUT2D eigenvalue weighted by Gasteiger charge is 2.45. The second-order valence-corrected chi connectivity index (χ2v) is 15.1. The van der Waals surface area contributed by atoms with Gasteiger partial charge in [-0.3, -0.25) is 39.0 Å². The average Bonchev–Trinajstić information content (AvgIpc) is 3.77. The van der Waals surface area contributed by atoms with E-state index < -0.39 is 29.7 Å². The van der Waals surface area contributed by atoms with Crippen molar-refractivity contribution in [2.45, 2.75) is 50.7 Å². The first-order chi connectivity index (χ1) is 28.6. The lowest BCUT2D eigenvalue weighted by Crippen LogP contribution is -2.54. The number of aromatic nitrogens is 5. The molecule has 3 aromatic heterocycles. The Morgan fingerprint density at radius 1 is 0.881 bits per heavy atom. The van der Waals surface area contributed by atoms with Crippen LogP contribution in [0.3, 0.4) is 0 Å². The van der Waals surface area contributed by atoms with E-state index in [0.717, 1.165) is 34.8 Å². The van der Waals surface area contributed by atoms with E-state index in [-0.39, 0.29) is 54.4 Å². The fourth-order valence-corrected chi connectivity index (χ4v) is 8.12. The molecule has 3 aliphatic heterocycles. The van der Waals surface area contributed by atoms with E-state index >= 15 is 0 Å². The number of rotatable bonds is 10. The fourth-order valence-electron chi connectivity index (χ4n) is 8.12. The number of fused-ring (bicyclic) bond motifs is 2. The summed E-state index contributed by atoms with van der Waals surface area (Å²) in [4.78, 5) is 99.4. The topological polar surface area (TPSA) is 217 Å².